The van der Waals surface area contributed by atoms with Gasteiger partial charge in [0, 0.05) is 11.8 Å². The van der Waals surface area contributed by atoms with E-state index in [-0.39, 0.29) is 29.8 Å². The number of esters is 2. The summed E-state index contributed by atoms with van der Waals surface area (Å²) in [6.07, 6.45) is 0.570. The molecule has 1 heterocycles. The summed E-state index contributed by atoms with van der Waals surface area (Å²) in [5.74, 6) is -0.707. The molecule has 0 aromatic rings. The van der Waals surface area contributed by atoms with E-state index in [1.807, 2.05) is 6.92 Å². The van der Waals surface area contributed by atoms with E-state index >= 15 is 0 Å². The molecular weight excluding hydrogens is 248 g/mol. The van der Waals surface area contributed by atoms with Crippen LogP contribution in [0.5, 0.6) is 0 Å². The second kappa shape index (κ2) is 3.95. The molecule has 1 N–H and O–H groups in total. The van der Waals surface area contributed by atoms with E-state index in [0.29, 0.717) is 0 Å². The maximum atomic E-state index is 12.0. The predicted octanol–water partition coefficient (Wildman–Crippen LogP) is 0.887. The minimum atomic E-state index is -0.738. The largest absolute Gasteiger partial charge is 0.458 e. The summed E-state index contributed by atoms with van der Waals surface area (Å²) in [6, 6.07) is 0. The van der Waals surface area contributed by atoms with Crippen LogP contribution in [-0.4, -0.2) is 34.9 Å². The van der Waals surface area contributed by atoms with Gasteiger partial charge in [-0.25, -0.2) is 0 Å². The summed E-state index contributed by atoms with van der Waals surface area (Å²) in [6.45, 7) is 5.09. The minimum Gasteiger partial charge on any atom is -0.458 e. The highest BCUT2D eigenvalue weighted by atomic mass is 16.6. The van der Waals surface area contributed by atoms with E-state index in [1.165, 1.54) is 0 Å². The summed E-state index contributed by atoms with van der Waals surface area (Å²) in [4.78, 5) is 23.8. The van der Waals surface area contributed by atoms with Crippen molar-refractivity contribution in [2.24, 2.45) is 23.7 Å². The van der Waals surface area contributed by atoms with Crippen molar-refractivity contribution < 1.29 is 24.2 Å². The number of carbonyl (C=O) groups excluding carboxylic acids is 2. The maximum absolute atomic E-state index is 12.0. The molecule has 0 spiro atoms. The van der Waals surface area contributed by atoms with Gasteiger partial charge in [-0.2, -0.15) is 0 Å². The Labute approximate surface area is 112 Å². The van der Waals surface area contributed by atoms with Gasteiger partial charge in [-0.05, 0) is 33.6 Å². The molecule has 7 unspecified atom stereocenters. The quantitative estimate of drug-likeness (QED) is 0.769. The highest BCUT2D eigenvalue weighted by molar-refractivity contribution is 5.78. The Hall–Kier alpha value is -1.10. The van der Waals surface area contributed by atoms with Crippen LogP contribution in [0.15, 0.2) is 0 Å². The molecule has 3 rings (SSSR count). The van der Waals surface area contributed by atoms with Crippen LogP contribution in [0.4, 0.5) is 0 Å². The average molecular weight is 268 g/mol. The van der Waals surface area contributed by atoms with Crippen LogP contribution in [0.1, 0.15) is 33.6 Å². The van der Waals surface area contributed by atoms with Gasteiger partial charge in [-0.1, -0.05) is 0 Å². The topological polar surface area (TPSA) is 72.8 Å². The Morgan fingerprint density at radius 1 is 1.47 bits per heavy atom. The van der Waals surface area contributed by atoms with Gasteiger partial charge < -0.3 is 14.6 Å². The Morgan fingerprint density at radius 2 is 2.16 bits per heavy atom. The second-order valence-electron chi connectivity index (χ2n) is 6.44. The first-order valence-electron chi connectivity index (χ1n) is 6.96. The monoisotopic (exact) mass is 268 g/mol. The van der Waals surface area contributed by atoms with Crippen molar-refractivity contribution in [3.63, 3.8) is 0 Å². The second-order valence-corrected chi connectivity index (χ2v) is 6.44. The molecule has 0 amide bonds. The third kappa shape index (κ3) is 1.64. The standard InChI is InChI=1S/C14H20O5/c1-6(7(2)15)12(16)18-11-8-4-9-10(5-8)14(11,3)19-13(9)17/h6-11,15H,4-5H2,1-3H3. The molecule has 5 heteroatoms. The molecule has 2 bridgehead atoms. The molecule has 2 aliphatic carbocycles. The number of hydrogen-bond donors (Lipinski definition) is 1. The SMILES string of the molecule is CC(O)C(C)C(=O)OC1C2CC3C(=O)OC1(C)C3C2. The molecule has 3 fully saturated rings. The fourth-order valence-electron chi connectivity index (χ4n) is 3.97. The first-order valence-corrected chi connectivity index (χ1v) is 6.96. The van der Waals surface area contributed by atoms with Crippen LogP contribution in [0, 0.1) is 23.7 Å². The maximum Gasteiger partial charge on any atom is 0.311 e. The van der Waals surface area contributed by atoms with Crippen molar-refractivity contribution in [1.82, 2.24) is 0 Å². The van der Waals surface area contributed by atoms with Gasteiger partial charge in [0.1, 0.15) is 11.7 Å². The van der Waals surface area contributed by atoms with Crippen molar-refractivity contribution in [3.05, 3.63) is 0 Å². The Kier molecular flexibility index (Phi) is 2.68. The van der Waals surface area contributed by atoms with Crippen molar-refractivity contribution in [2.45, 2.75) is 51.4 Å². The fourth-order valence-corrected chi connectivity index (χ4v) is 3.97. The van der Waals surface area contributed by atoms with Crippen LogP contribution in [0.2, 0.25) is 0 Å². The van der Waals surface area contributed by atoms with Crippen molar-refractivity contribution in [2.75, 3.05) is 0 Å². The van der Waals surface area contributed by atoms with Gasteiger partial charge in [0.15, 0.2) is 0 Å². The lowest BCUT2D eigenvalue weighted by molar-refractivity contribution is -0.179. The van der Waals surface area contributed by atoms with Crippen molar-refractivity contribution in [3.8, 4) is 0 Å². The van der Waals surface area contributed by atoms with Gasteiger partial charge >= 0.3 is 11.9 Å². The van der Waals surface area contributed by atoms with Gasteiger partial charge in [0.2, 0.25) is 0 Å². The lowest BCUT2D eigenvalue weighted by Gasteiger charge is -2.34. The first-order chi connectivity index (χ1) is 8.84. The summed E-state index contributed by atoms with van der Waals surface area (Å²) in [5.41, 5.74) is -0.654. The van der Waals surface area contributed by atoms with Crippen LogP contribution >= 0.6 is 0 Å². The number of aliphatic hydroxyl groups excluding tert-OH is 1. The zero-order valence-electron chi connectivity index (χ0n) is 11.5. The van der Waals surface area contributed by atoms with Crippen LogP contribution in [0.25, 0.3) is 0 Å². The van der Waals surface area contributed by atoms with Gasteiger partial charge in [0.25, 0.3) is 0 Å². The molecule has 5 nitrogen and oxygen atoms in total. The van der Waals surface area contributed by atoms with Gasteiger partial charge in [0.05, 0.1) is 17.9 Å². The highest BCUT2D eigenvalue weighted by Crippen LogP contribution is 2.61. The van der Waals surface area contributed by atoms with Gasteiger partial charge in [-0.3, -0.25) is 9.59 Å². The van der Waals surface area contributed by atoms with E-state index < -0.39 is 23.6 Å². The smallest absolute Gasteiger partial charge is 0.311 e. The highest BCUT2D eigenvalue weighted by Gasteiger charge is 2.70. The predicted molar refractivity (Wildman–Crippen MR) is 64.9 cm³/mol. The van der Waals surface area contributed by atoms with Crippen molar-refractivity contribution in [1.29, 1.82) is 0 Å². The normalized spacial score (nSPS) is 46.0. The van der Waals surface area contributed by atoms with Crippen LogP contribution in [-0.2, 0) is 19.1 Å². The van der Waals surface area contributed by atoms with Crippen molar-refractivity contribution >= 4 is 11.9 Å². The average Bonchev–Trinajstić information content (AvgIpc) is 2.91. The number of fused-ring (bicyclic) bond motifs is 1. The number of ether oxygens (including phenoxy) is 2. The summed E-state index contributed by atoms with van der Waals surface area (Å²) < 4.78 is 11.1. The molecule has 1 aliphatic heterocycles. The molecule has 19 heavy (non-hydrogen) atoms. The lowest BCUT2D eigenvalue weighted by Crippen LogP contribution is -2.47. The summed E-state index contributed by atoms with van der Waals surface area (Å²) in [5, 5.41) is 9.45. The van der Waals surface area contributed by atoms with E-state index in [4.69, 9.17) is 9.47 Å². The van der Waals surface area contributed by atoms with Gasteiger partial charge in [-0.15, -0.1) is 0 Å². The summed E-state index contributed by atoms with van der Waals surface area (Å²) in [7, 11) is 0. The number of rotatable bonds is 3. The number of carbonyl (C=O) groups is 2. The molecule has 0 aromatic heterocycles. The Bertz CT molecular complexity index is 432. The van der Waals surface area contributed by atoms with E-state index in [0.717, 1.165) is 12.8 Å². The molecule has 0 aromatic carbocycles. The molecule has 2 saturated carbocycles. The van der Waals surface area contributed by atoms with E-state index in [1.54, 1.807) is 13.8 Å². The Balaban J connectivity index is 1.77. The zero-order chi connectivity index (χ0) is 13.9. The zero-order valence-corrected chi connectivity index (χ0v) is 11.5. The molecule has 106 valence electrons. The fraction of sp³-hybridized carbons (Fsp3) is 0.857. The van der Waals surface area contributed by atoms with Crippen LogP contribution < -0.4 is 0 Å². The summed E-state index contributed by atoms with van der Waals surface area (Å²) >= 11 is 0. The first kappa shape index (κ1) is 12.9. The lowest BCUT2D eigenvalue weighted by atomic mass is 9.79. The number of aliphatic hydroxyl groups is 1. The molecule has 3 aliphatic rings. The van der Waals surface area contributed by atoms with Crippen LogP contribution in [0.3, 0.4) is 0 Å². The molecule has 7 atom stereocenters. The number of hydrogen-bond acceptors (Lipinski definition) is 5. The molecule has 0 radical (unpaired) electrons. The van der Waals surface area contributed by atoms with E-state index in [2.05, 4.69) is 0 Å². The third-order valence-corrected chi connectivity index (χ3v) is 5.29. The van der Waals surface area contributed by atoms with E-state index in [9.17, 15) is 14.7 Å². The molecular formula is C14H20O5. The Morgan fingerprint density at radius 3 is 2.79 bits per heavy atom. The third-order valence-electron chi connectivity index (χ3n) is 5.29. The minimum absolute atomic E-state index is 0.000795. The molecule has 1 saturated heterocycles.